The van der Waals surface area contributed by atoms with E-state index in [2.05, 4.69) is 0 Å². The number of likely N-dealkylation sites (N-methyl/N-ethyl adjacent to an activating group) is 1. The first kappa shape index (κ1) is 15.1. The van der Waals surface area contributed by atoms with Crippen molar-refractivity contribution >= 4 is 27.6 Å². The number of aliphatic carboxylic acids is 1. The molecule has 1 heterocycles. The molecule has 1 aliphatic rings. The highest BCUT2D eigenvalue weighted by atomic mass is 35.5. The Morgan fingerprint density at radius 2 is 2.20 bits per heavy atom. The summed E-state index contributed by atoms with van der Waals surface area (Å²) in [5, 5.41) is 8.90. The van der Waals surface area contributed by atoms with Crippen molar-refractivity contribution in [1.82, 2.24) is 4.31 Å². The van der Waals surface area contributed by atoms with Crippen LogP contribution in [0.15, 0.2) is 17.0 Å². The summed E-state index contributed by atoms with van der Waals surface area (Å²) < 4.78 is 30.8. The zero-order valence-corrected chi connectivity index (χ0v) is 12.5. The number of hydrogen-bond donors (Lipinski definition) is 1. The Morgan fingerprint density at radius 1 is 1.55 bits per heavy atom. The average molecular weight is 320 g/mol. The highest BCUT2D eigenvalue weighted by molar-refractivity contribution is 7.89. The largest absolute Gasteiger partial charge is 0.489 e. The molecule has 0 spiro atoms. The molecule has 8 heteroatoms. The molecule has 1 aliphatic heterocycles. The number of rotatable bonds is 4. The van der Waals surface area contributed by atoms with Crippen LogP contribution in [0.4, 0.5) is 0 Å². The molecule has 110 valence electrons. The number of ether oxygens (including phenoxy) is 1. The molecule has 0 fully saturated rings. The van der Waals surface area contributed by atoms with Gasteiger partial charge in [-0.1, -0.05) is 11.6 Å². The van der Waals surface area contributed by atoms with Crippen LogP contribution >= 0.6 is 11.6 Å². The fraction of sp³-hybridized carbons (Fsp3) is 0.417. The lowest BCUT2D eigenvalue weighted by Crippen LogP contribution is -2.32. The normalized spacial score (nSPS) is 17.9. The first-order valence-electron chi connectivity index (χ1n) is 5.89. The maximum atomic E-state index is 12.3. The van der Waals surface area contributed by atoms with Crippen LogP contribution in [0.1, 0.15) is 12.5 Å². The standard InChI is InChI=1S/C12H14ClNO5S/c1-7-3-8-4-9(5-10(13)12(8)19-7)20(17,18)14(2)6-11(15)16/h4-5,7H,3,6H2,1-2H3,(H,15,16). The zero-order valence-electron chi connectivity index (χ0n) is 11.0. The number of hydrogen-bond acceptors (Lipinski definition) is 4. The highest BCUT2D eigenvalue weighted by Gasteiger charge is 2.28. The van der Waals surface area contributed by atoms with Gasteiger partial charge in [0, 0.05) is 19.0 Å². The first-order valence-corrected chi connectivity index (χ1v) is 7.71. The molecule has 0 bridgehead atoms. The molecule has 0 saturated carbocycles. The summed E-state index contributed by atoms with van der Waals surface area (Å²) in [6.45, 7) is 1.25. The summed E-state index contributed by atoms with van der Waals surface area (Å²) >= 11 is 6.03. The fourth-order valence-electron chi connectivity index (χ4n) is 2.06. The summed E-state index contributed by atoms with van der Waals surface area (Å²) in [4.78, 5) is 10.6. The molecule has 1 N–H and O–H groups in total. The summed E-state index contributed by atoms with van der Waals surface area (Å²) in [5.74, 6) is -0.723. The summed E-state index contributed by atoms with van der Waals surface area (Å²) in [5.41, 5.74) is 0.715. The van der Waals surface area contributed by atoms with Gasteiger partial charge in [0.25, 0.3) is 0 Å². The summed E-state index contributed by atoms with van der Waals surface area (Å²) in [6.07, 6.45) is 0.512. The van der Waals surface area contributed by atoms with Crippen molar-refractivity contribution in [3.05, 3.63) is 22.7 Å². The van der Waals surface area contributed by atoms with Crippen molar-refractivity contribution in [3.8, 4) is 5.75 Å². The van der Waals surface area contributed by atoms with E-state index in [-0.39, 0.29) is 16.0 Å². The Kier molecular flexibility index (Phi) is 3.95. The second-order valence-corrected chi connectivity index (χ2v) is 7.13. The van der Waals surface area contributed by atoms with Crippen molar-refractivity contribution in [2.45, 2.75) is 24.3 Å². The number of carboxylic acids is 1. The number of fused-ring (bicyclic) bond motifs is 1. The number of carboxylic acid groups (broad SMARTS) is 1. The molecule has 0 aliphatic carbocycles. The molecule has 1 unspecified atom stereocenters. The van der Waals surface area contributed by atoms with Crippen molar-refractivity contribution in [3.63, 3.8) is 0 Å². The number of benzene rings is 1. The Bertz CT molecular complexity index is 658. The molecule has 0 amide bonds. The van der Waals surface area contributed by atoms with Gasteiger partial charge in [0.2, 0.25) is 10.0 Å². The van der Waals surface area contributed by atoms with E-state index in [1.165, 1.54) is 19.2 Å². The van der Waals surface area contributed by atoms with Gasteiger partial charge in [0.1, 0.15) is 18.4 Å². The monoisotopic (exact) mass is 319 g/mol. The third-order valence-corrected chi connectivity index (χ3v) is 5.05. The van der Waals surface area contributed by atoms with Crippen molar-refractivity contribution < 1.29 is 23.1 Å². The lowest BCUT2D eigenvalue weighted by Gasteiger charge is -2.16. The van der Waals surface area contributed by atoms with Crippen LogP contribution in [0.3, 0.4) is 0 Å². The van der Waals surface area contributed by atoms with E-state index in [4.69, 9.17) is 21.4 Å². The Balaban J connectivity index is 2.42. The smallest absolute Gasteiger partial charge is 0.318 e. The van der Waals surface area contributed by atoms with Crippen molar-refractivity contribution in [2.24, 2.45) is 0 Å². The Hall–Kier alpha value is -1.31. The predicted octanol–water partition coefficient (Wildman–Crippen LogP) is 1.37. The highest BCUT2D eigenvalue weighted by Crippen LogP contribution is 2.38. The molecule has 2 rings (SSSR count). The van der Waals surface area contributed by atoms with Gasteiger partial charge in [-0.15, -0.1) is 0 Å². The van der Waals surface area contributed by atoms with Gasteiger partial charge < -0.3 is 9.84 Å². The number of nitrogens with zero attached hydrogens (tertiary/aromatic N) is 1. The maximum Gasteiger partial charge on any atom is 0.318 e. The molecule has 1 atom stereocenters. The van der Waals surface area contributed by atoms with Crippen LogP contribution < -0.4 is 4.74 Å². The number of carbonyl (C=O) groups is 1. The second-order valence-electron chi connectivity index (χ2n) is 4.68. The van der Waals surface area contributed by atoms with E-state index < -0.39 is 22.5 Å². The van der Waals surface area contributed by atoms with Gasteiger partial charge in [-0.25, -0.2) is 8.42 Å². The first-order chi connectivity index (χ1) is 9.21. The van der Waals surface area contributed by atoms with Gasteiger partial charge in [0.15, 0.2) is 0 Å². The lowest BCUT2D eigenvalue weighted by molar-refractivity contribution is -0.137. The van der Waals surface area contributed by atoms with Crippen LogP contribution in [0.25, 0.3) is 0 Å². The average Bonchev–Trinajstić information content (AvgIpc) is 2.69. The SMILES string of the molecule is CC1Cc2cc(S(=O)(=O)N(C)CC(=O)O)cc(Cl)c2O1. The number of halogens is 1. The van der Waals surface area contributed by atoms with Gasteiger partial charge in [-0.3, -0.25) is 4.79 Å². The molecule has 1 aromatic rings. The third kappa shape index (κ3) is 2.74. The molecule has 0 saturated heterocycles. The maximum absolute atomic E-state index is 12.3. The van der Waals surface area contributed by atoms with Crippen LogP contribution in [-0.4, -0.2) is 43.5 Å². The molecule has 0 radical (unpaired) electrons. The fourth-order valence-corrected chi connectivity index (χ4v) is 3.61. The molecular formula is C12H14ClNO5S. The summed E-state index contributed by atoms with van der Waals surface area (Å²) in [7, 11) is -2.67. The Morgan fingerprint density at radius 3 is 2.80 bits per heavy atom. The van der Waals surface area contributed by atoms with E-state index in [1.54, 1.807) is 0 Å². The minimum absolute atomic E-state index is 0.0253. The Labute approximate surface area is 122 Å². The molecule has 20 heavy (non-hydrogen) atoms. The van der Waals surface area contributed by atoms with Crippen molar-refractivity contribution in [1.29, 1.82) is 0 Å². The van der Waals surface area contributed by atoms with Crippen LogP contribution in [0, 0.1) is 0 Å². The summed E-state index contributed by atoms with van der Waals surface area (Å²) in [6, 6.07) is 2.77. The minimum atomic E-state index is -3.88. The van der Waals surface area contributed by atoms with Crippen molar-refractivity contribution in [2.75, 3.05) is 13.6 Å². The second kappa shape index (κ2) is 5.23. The van der Waals surface area contributed by atoms with Gasteiger partial charge >= 0.3 is 5.97 Å². The van der Waals surface area contributed by atoms with E-state index in [9.17, 15) is 13.2 Å². The van der Waals surface area contributed by atoms with Crippen LogP contribution in [0.2, 0.25) is 5.02 Å². The number of sulfonamides is 1. The van der Waals surface area contributed by atoms with Gasteiger partial charge in [0.05, 0.1) is 9.92 Å². The van der Waals surface area contributed by atoms with E-state index >= 15 is 0 Å². The van der Waals surface area contributed by atoms with E-state index in [0.717, 1.165) is 4.31 Å². The molecular weight excluding hydrogens is 306 g/mol. The third-order valence-electron chi connectivity index (χ3n) is 2.99. The minimum Gasteiger partial charge on any atom is -0.489 e. The predicted molar refractivity (Wildman–Crippen MR) is 72.7 cm³/mol. The van der Waals surface area contributed by atoms with Gasteiger partial charge in [-0.05, 0) is 19.1 Å². The lowest BCUT2D eigenvalue weighted by atomic mass is 10.1. The quantitative estimate of drug-likeness (QED) is 0.906. The van der Waals surface area contributed by atoms with E-state index in [0.29, 0.717) is 17.7 Å². The topological polar surface area (TPSA) is 83.9 Å². The zero-order chi connectivity index (χ0) is 15.1. The van der Waals surface area contributed by atoms with Gasteiger partial charge in [-0.2, -0.15) is 4.31 Å². The van der Waals surface area contributed by atoms with Crippen LogP contribution in [0.5, 0.6) is 5.75 Å². The van der Waals surface area contributed by atoms with E-state index in [1.807, 2.05) is 6.92 Å². The molecule has 6 nitrogen and oxygen atoms in total. The molecule has 1 aromatic carbocycles. The molecule has 0 aromatic heterocycles. The van der Waals surface area contributed by atoms with Crippen LogP contribution in [-0.2, 0) is 21.2 Å².